The summed E-state index contributed by atoms with van der Waals surface area (Å²) in [5.41, 5.74) is 7.17. The average molecular weight is 465 g/mol. The van der Waals surface area contributed by atoms with Gasteiger partial charge < -0.3 is 13.9 Å². The lowest BCUT2D eigenvalue weighted by molar-refractivity contribution is 0.375. The van der Waals surface area contributed by atoms with Gasteiger partial charge in [0.05, 0.1) is 0 Å². The number of aryl methyl sites for hydroxylation is 2. The highest BCUT2D eigenvalue weighted by Gasteiger charge is 2.22. The molecular weight excluding hydrogens is 427 g/mol. The second-order valence-electron chi connectivity index (χ2n) is 9.75. The SMILES string of the molecule is CCCCc1ccc(OP(O)Oc2ccccc2C(C)(C)C)c(Cc2cccc(C)c2C)c1. The number of para-hydroxylation sites is 1. The van der Waals surface area contributed by atoms with E-state index in [9.17, 15) is 4.89 Å². The first-order valence-corrected chi connectivity index (χ1v) is 12.9. The lowest BCUT2D eigenvalue weighted by atomic mass is 9.86. The molecule has 1 atom stereocenters. The maximum absolute atomic E-state index is 10.8. The van der Waals surface area contributed by atoms with Crippen LogP contribution in [-0.2, 0) is 18.3 Å². The van der Waals surface area contributed by atoms with Gasteiger partial charge in [0.15, 0.2) is 0 Å². The number of hydrogen-bond acceptors (Lipinski definition) is 3. The molecule has 176 valence electrons. The average Bonchev–Trinajstić information content (AvgIpc) is 2.76. The van der Waals surface area contributed by atoms with Crippen molar-refractivity contribution >= 4 is 8.60 Å². The molecule has 0 fully saturated rings. The van der Waals surface area contributed by atoms with Crippen LogP contribution in [0, 0.1) is 13.8 Å². The monoisotopic (exact) mass is 464 g/mol. The highest BCUT2D eigenvalue weighted by molar-refractivity contribution is 7.41. The third-order valence-corrected chi connectivity index (χ3v) is 6.80. The van der Waals surface area contributed by atoms with Gasteiger partial charge in [-0.2, -0.15) is 0 Å². The third kappa shape index (κ3) is 6.82. The number of rotatable bonds is 9. The molecular formula is C29H37O3P. The Morgan fingerprint density at radius 2 is 1.58 bits per heavy atom. The van der Waals surface area contributed by atoms with Gasteiger partial charge in [0.1, 0.15) is 11.5 Å². The van der Waals surface area contributed by atoms with Crippen LogP contribution >= 0.6 is 8.60 Å². The van der Waals surface area contributed by atoms with Crippen LogP contribution in [0.3, 0.4) is 0 Å². The van der Waals surface area contributed by atoms with Crippen LogP contribution in [0.4, 0.5) is 0 Å². The molecule has 0 aromatic heterocycles. The summed E-state index contributed by atoms with van der Waals surface area (Å²) in [5.74, 6) is 1.34. The Morgan fingerprint density at radius 1 is 0.848 bits per heavy atom. The van der Waals surface area contributed by atoms with Gasteiger partial charge in [0, 0.05) is 12.0 Å². The van der Waals surface area contributed by atoms with Gasteiger partial charge in [-0.05, 0) is 72.1 Å². The Kier molecular flexibility index (Phi) is 8.57. The van der Waals surface area contributed by atoms with Crippen molar-refractivity contribution in [2.45, 2.75) is 72.6 Å². The van der Waals surface area contributed by atoms with E-state index in [0.29, 0.717) is 11.5 Å². The Labute approximate surface area is 200 Å². The number of hydrogen-bond donors (Lipinski definition) is 1. The lowest BCUT2D eigenvalue weighted by Gasteiger charge is -2.23. The molecule has 3 rings (SSSR count). The van der Waals surface area contributed by atoms with Crippen LogP contribution < -0.4 is 9.05 Å². The van der Waals surface area contributed by atoms with Crippen LogP contribution in [0.2, 0.25) is 0 Å². The normalized spacial score (nSPS) is 12.5. The molecule has 3 aromatic rings. The lowest BCUT2D eigenvalue weighted by Crippen LogP contribution is -2.12. The van der Waals surface area contributed by atoms with Crippen molar-refractivity contribution in [1.82, 2.24) is 0 Å². The third-order valence-electron chi connectivity index (χ3n) is 6.09. The summed E-state index contributed by atoms with van der Waals surface area (Å²) in [7, 11) is -2.12. The molecule has 33 heavy (non-hydrogen) atoms. The first-order valence-electron chi connectivity index (χ1n) is 11.8. The molecule has 0 heterocycles. The highest BCUT2D eigenvalue weighted by Crippen LogP contribution is 2.42. The summed E-state index contributed by atoms with van der Waals surface area (Å²) in [6.07, 6.45) is 4.11. The van der Waals surface area contributed by atoms with Crippen LogP contribution in [0.15, 0.2) is 60.7 Å². The molecule has 1 unspecified atom stereocenters. The molecule has 0 bridgehead atoms. The van der Waals surface area contributed by atoms with E-state index >= 15 is 0 Å². The zero-order chi connectivity index (χ0) is 24.0. The second kappa shape index (κ2) is 11.2. The Morgan fingerprint density at radius 3 is 2.30 bits per heavy atom. The van der Waals surface area contributed by atoms with Crippen LogP contribution in [-0.4, -0.2) is 4.89 Å². The van der Waals surface area contributed by atoms with Gasteiger partial charge in [0.25, 0.3) is 0 Å². The number of benzene rings is 3. The van der Waals surface area contributed by atoms with Crippen molar-refractivity contribution < 1.29 is 13.9 Å². The van der Waals surface area contributed by atoms with Crippen molar-refractivity contribution in [3.63, 3.8) is 0 Å². The van der Waals surface area contributed by atoms with Crippen LogP contribution in [0.1, 0.15) is 73.9 Å². The van der Waals surface area contributed by atoms with Gasteiger partial charge in [-0.1, -0.05) is 82.6 Å². The molecule has 0 radical (unpaired) electrons. The Hall–Kier alpha value is -2.35. The molecule has 0 saturated carbocycles. The topological polar surface area (TPSA) is 38.7 Å². The summed E-state index contributed by atoms with van der Waals surface area (Å²) < 4.78 is 11.9. The molecule has 0 aliphatic carbocycles. The molecule has 3 nitrogen and oxygen atoms in total. The fourth-order valence-electron chi connectivity index (χ4n) is 3.96. The van der Waals surface area contributed by atoms with Gasteiger partial charge in [-0.25, -0.2) is 0 Å². The fourth-order valence-corrected chi connectivity index (χ4v) is 4.67. The second-order valence-corrected chi connectivity index (χ2v) is 10.6. The predicted molar refractivity (Wildman–Crippen MR) is 139 cm³/mol. The summed E-state index contributed by atoms with van der Waals surface area (Å²) >= 11 is 0. The summed E-state index contributed by atoms with van der Waals surface area (Å²) in [6.45, 7) is 12.9. The van der Waals surface area contributed by atoms with Crippen molar-refractivity contribution in [3.8, 4) is 11.5 Å². The minimum Gasteiger partial charge on any atom is -0.418 e. The Balaban J connectivity index is 1.86. The van der Waals surface area contributed by atoms with Crippen LogP contribution in [0.25, 0.3) is 0 Å². The molecule has 0 amide bonds. The van der Waals surface area contributed by atoms with E-state index < -0.39 is 8.60 Å². The van der Waals surface area contributed by atoms with E-state index in [4.69, 9.17) is 9.05 Å². The number of unbranched alkanes of at least 4 members (excludes halogenated alkanes) is 1. The maximum Gasteiger partial charge on any atom is 0.460 e. The first-order chi connectivity index (χ1) is 15.7. The zero-order valence-electron chi connectivity index (χ0n) is 20.8. The van der Waals surface area contributed by atoms with E-state index in [-0.39, 0.29) is 5.41 Å². The van der Waals surface area contributed by atoms with E-state index in [1.165, 1.54) is 22.3 Å². The van der Waals surface area contributed by atoms with Gasteiger partial charge in [0.2, 0.25) is 0 Å². The van der Waals surface area contributed by atoms with Crippen molar-refractivity contribution in [1.29, 1.82) is 0 Å². The minimum atomic E-state index is -2.12. The molecule has 0 aliphatic rings. The molecule has 0 saturated heterocycles. The first kappa shape index (κ1) is 25.3. The molecule has 3 aromatic carbocycles. The van der Waals surface area contributed by atoms with Crippen molar-refractivity contribution in [3.05, 3.63) is 94.0 Å². The Bertz CT molecular complexity index is 1070. The standard InChI is InChI=1S/C29H37O3P/c1-7-8-13-23-17-18-27(25(19-23)20-24-14-11-12-21(2)22(24)3)31-33(30)32-28-16-10-9-15-26(28)29(4,5)6/h9-12,14-19,30H,7-8,13,20H2,1-6H3. The summed E-state index contributed by atoms with van der Waals surface area (Å²) in [6, 6.07) is 20.6. The van der Waals surface area contributed by atoms with Crippen LogP contribution in [0.5, 0.6) is 11.5 Å². The van der Waals surface area contributed by atoms with E-state index in [0.717, 1.165) is 36.8 Å². The maximum atomic E-state index is 10.8. The molecule has 0 spiro atoms. The molecule has 4 heteroatoms. The van der Waals surface area contributed by atoms with E-state index in [2.05, 4.69) is 71.9 Å². The smallest absolute Gasteiger partial charge is 0.418 e. The van der Waals surface area contributed by atoms with Gasteiger partial charge >= 0.3 is 8.60 Å². The van der Waals surface area contributed by atoms with E-state index in [1.807, 2.05) is 30.3 Å². The van der Waals surface area contributed by atoms with Gasteiger partial charge in [-0.15, -0.1) is 0 Å². The fraction of sp³-hybridized carbons (Fsp3) is 0.379. The van der Waals surface area contributed by atoms with Crippen molar-refractivity contribution in [2.75, 3.05) is 0 Å². The largest absolute Gasteiger partial charge is 0.460 e. The molecule has 1 N–H and O–H groups in total. The zero-order valence-corrected chi connectivity index (χ0v) is 21.7. The summed E-state index contributed by atoms with van der Waals surface area (Å²) in [4.78, 5) is 10.8. The highest BCUT2D eigenvalue weighted by atomic mass is 31.2. The van der Waals surface area contributed by atoms with Crippen molar-refractivity contribution in [2.24, 2.45) is 0 Å². The quantitative estimate of drug-likeness (QED) is 0.324. The minimum absolute atomic E-state index is 0.0957. The molecule has 0 aliphatic heterocycles. The predicted octanol–water partition coefficient (Wildman–Crippen LogP) is 8.21. The summed E-state index contributed by atoms with van der Waals surface area (Å²) in [5, 5.41) is 0. The van der Waals surface area contributed by atoms with Gasteiger partial charge in [-0.3, -0.25) is 0 Å². The van der Waals surface area contributed by atoms with E-state index in [1.54, 1.807) is 0 Å².